The fourth-order valence-electron chi connectivity index (χ4n) is 1.64. The largest absolute Gasteiger partial charge is 0.497 e. The van der Waals surface area contributed by atoms with Crippen LogP contribution in [0, 0.1) is 11.8 Å². The number of methoxy groups -OCH3 is 1. The van der Waals surface area contributed by atoms with Gasteiger partial charge in [0.1, 0.15) is 5.75 Å². The van der Waals surface area contributed by atoms with E-state index in [1.54, 1.807) is 7.11 Å². The summed E-state index contributed by atoms with van der Waals surface area (Å²) in [7, 11) is 1.62. The third-order valence-electron chi connectivity index (χ3n) is 2.64. The fourth-order valence-corrected chi connectivity index (χ4v) is 1.64. The third-order valence-corrected chi connectivity index (χ3v) is 2.64. The average Bonchev–Trinajstić information content (AvgIpc) is 2.47. The van der Waals surface area contributed by atoms with E-state index in [2.05, 4.69) is 11.8 Å². The van der Waals surface area contributed by atoms with Gasteiger partial charge in [-0.15, -0.1) is 0 Å². The highest BCUT2D eigenvalue weighted by Gasteiger charge is 1.98. The summed E-state index contributed by atoms with van der Waals surface area (Å²) in [5.74, 6) is 6.21. The highest BCUT2D eigenvalue weighted by molar-refractivity contribution is 5.97. The molecule has 0 amide bonds. The van der Waals surface area contributed by atoms with Crippen molar-refractivity contribution < 1.29 is 9.53 Å². The van der Waals surface area contributed by atoms with Crippen molar-refractivity contribution in [3.8, 4) is 17.6 Å². The zero-order chi connectivity index (χ0) is 13.5. The maximum Gasteiger partial charge on any atom is 0.210 e. The van der Waals surface area contributed by atoms with E-state index in [1.165, 1.54) is 0 Å². The van der Waals surface area contributed by atoms with E-state index in [9.17, 15) is 4.79 Å². The van der Waals surface area contributed by atoms with Gasteiger partial charge in [-0.25, -0.2) is 0 Å². The molecular weight excluding hydrogens is 236 g/mol. The van der Waals surface area contributed by atoms with Crippen LogP contribution in [0.5, 0.6) is 5.75 Å². The van der Waals surface area contributed by atoms with Crippen LogP contribution in [0.4, 0.5) is 0 Å². The molecule has 2 aromatic rings. The molecule has 0 aliphatic carbocycles. The van der Waals surface area contributed by atoms with Gasteiger partial charge in [-0.1, -0.05) is 36.3 Å². The number of carbonyl (C=O) groups excluding carboxylic acids is 1. The maximum atomic E-state index is 11.7. The quantitative estimate of drug-likeness (QED) is 0.783. The summed E-state index contributed by atoms with van der Waals surface area (Å²) in [5.41, 5.74) is 1.79. The molecule has 0 saturated carbocycles. The number of carbonyl (C=O) groups is 1. The Morgan fingerprint density at radius 2 is 1.74 bits per heavy atom. The SMILES string of the molecule is COc1ccc(C#CC(=O)Cc2ccccc2)cc1. The first-order valence-electron chi connectivity index (χ1n) is 6.01. The van der Waals surface area contributed by atoms with Crippen LogP contribution in [0.15, 0.2) is 54.6 Å². The third kappa shape index (κ3) is 4.01. The van der Waals surface area contributed by atoms with Crippen molar-refractivity contribution in [2.45, 2.75) is 6.42 Å². The summed E-state index contributed by atoms with van der Waals surface area (Å²) in [5, 5.41) is 0. The van der Waals surface area contributed by atoms with E-state index in [-0.39, 0.29) is 5.78 Å². The lowest BCUT2D eigenvalue weighted by molar-refractivity contribution is -0.113. The predicted molar refractivity (Wildman–Crippen MR) is 75.0 cm³/mol. The van der Waals surface area contributed by atoms with Crippen LogP contribution in [-0.4, -0.2) is 12.9 Å². The minimum Gasteiger partial charge on any atom is -0.497 e. The molecule has 2 rings (SSSR count). The van der Waals surface area contributed by atoms with Crippen LogP contribution in [0.25, 0.3) is 0 Å². The molecule has 0 bridgehead atoms. The Labute approximate surface area is 113 Å². The number of hydrogen-bond acceptors (Lipinski definition) is 2. The van der Waals surface area contributed by atoms with E-state index in [1.807, 2.05) is 54.6 Å². The second-order valence-electron chi connectivity index (χ2n) is 4.06. The molecule has 2 aromatic carbocycles. The molecule has 0 aromatic heterocycles. The Morgan fingerprint density at radius 1 is 1.05 bits per heavy atom. The van der Waals surface area contributed by atoms with Crippen LogP contribution in [0.1, 0.15) is 11.1 Å². The topological polar surface area (TPSA) is 26.3 Å². The molecule has 0 saturated heterocycles. The molecule has 0 heterocycles. The lowest BCUT2D eigenvalue weighted by Gasteiger charge is -1.97. The maximum absolute atomic E-state index is 11.7. The van der Waals surface area contributed by atoms with Gasteiger partial charge in [0.05, 0.1) is 7.11 Å². The van der Waals surface area contributed by atoms with Gasteiger partial charge >= 0.3 is 0 Å². The standard InChI is InChI=1S/C17H14O2/c1-19-17-11-8-14(9-12-17)7-10-16(18)13-15-5-3-2-4-6-15/h2-6,8-9,11-12H,13H2,1H3. The van der Waals surface area contributed by atoms with Crippen molar-refractivity contribution in [3.63, 3.8) is 0 Å². The van der Waals surface area contributed by atoms with Gasteiger partial charge in [-0.2, -0.15) is 0 Å². The van der Waals surface area contributed by atoms with Gasteiger partial charge in [0.2, 0.25) is 5.78 Å². The van der Waals surface area contributed by atoms with Crippen molar-refractivity contribution in [2.75, 3.05) is 7.11 Å². The zero-order valence-corrected chi connectivity index (χ0v) is 10.7. The monoisotopic (exact) mass is 250 g/mol. The first-order valence-corrected chi connectivity index (χ1v) is 6.01. The summed E-state index contributed by atoms with van der Waals surface area (Å²) in [6, 6.07) is 16.9. The molecule has 0 fully saturated rings. The molecule has 0 unspecified atom stereocenters. The van der Waals surface area contributed by atoms with E-state index in [0.29, 0.717) is 6.42 Å². The first-order chi connectivity index (χ1) is 9.28. The number of Topliss-reactive ketones (excluding diaryl/α,β-unsaturated/α-hetero) is 1. The highest BCUT2D eigenvalue weighted by Crippen LogP contribution is 2.10. The van der Waals surface area contributed by atoms with Crippen molar-refractivity contribution in [2.24, 2.45) is 0 Å². The van der Waals surface area contributed by atoms with Gasteiger partial charge in [0.25, 0.3) is 0 Å². The average molecular weight is 250 g/mol. The molecule has 0 N–H and O–H groups in total. The van der Waals surface area contributed by atoms with Crippen molar-refractivity contribution in [1.82, 2.24) is 0 Å². The minimum atomic E-state index is -0.0815. The molecule has 2 nitrogen and oxygen atoms in total. The molecule has 0 radical (unpaired) electrons. The smallest absolute Gasteiger partial charge is 0.210 e. The van der Waals surface area contributed by atoms with Crippen LogP contribution < -0.4 is 4.74 Å². The Kier molecular flexibility index (Phi) is 4.36. The number of ether oxygens (including phenoxy) is 1. The van der Waals surface area contributed by atoms with E-state index < -0.39 is 0 Å². The van der Waals surface area contributed by atoms with Crippen molar-refractivity contribution in [1.29, 1.82) is 0 Å². The van der Waals surface area contributed by atoms with Crippen LogP contribution >= 0.6 is 0 Å². The van der Waals surface area contributed by atoms with Crippen LogP contribution in [-0.2, 0) is 11.2 Å². The highest BCUT2D eigenvalue weighted by atomic mass is 16.5. The normalized spacial score (nSPS) is 9.32. The van der Waals surface area contributed by atoms with Gasteiger partial charge in [0, 0.05) is 12.0 Å². The molecule has 94 valence electrons. The Balaban J connectivity index is 2.00. The van der Waals surface area contributed by atoms with E-state index >= 15 is 0 Å². The molecule has 2 heteroatoms. The number of benzene rings is 2. The summed E-state index contributed by atoms with van der Waals surface area (Å²) in [6.45, 7) is 0. The minimum absolute atomic E-state index is 0.0815. The van der Waals surface area contributed by atoms with E-state index in [4.69, 9.17) is 4.74 Å². The Bertz CT molecular complexity index is 601. The van der Waals surface area contributed by atoms with Crippen LogP contribution in [0.2, 0.25) is 0 Å². The Morgan fingerprint density at radius 3 is 2.37 bits per heavy atom. The summed E-state index contributed by atoms with van der Waals surface area (Å²) in [6.07, 6.45) is 0.351. The first kappa shape index (κ1) is 12.9. The number of ketones is 1. The molecular formula is C17H14O2. The fraction of sp³-hybridized carbons (Fsp3) is 0.118. The number of rotatable bonds is 3. The lowest BCUT2D eigenvalue weighted by Crippen LogP contribution is -1.98. The number of hydrogen-bond donors (Lipinski definition) is 0. The lowest BCUT2D eigenvalue weighted by atomic mass is 10.1. The van der Waals surface area contributed by atoms with Gasteiger partial charge < -0.3 is 4.74 Å². The van der Waals surface area contributed by atoms with Crippen molar-refractivity contribution in [3.05, 3.63) is 65.7 Å². The summed E-state index contributed by atoms with van der Waals surface area (Å²) >= 11 is 0. The molecule has 0 atom stereocenters. The predicted octanol–water partition coefficient (Wildman–Crippen LogP) is 2.86. The zero-order valence-electron chi connectivity index (χ0n) is 10.7. The molecule has 0 spiro atoms. The van der Waals surface area contributed by atoms with Gasteiger partial charge in [0.15, 0.2) is 0 Å². The molecule has 0 aliphatic heterocycles. The summed E-state index contributed by atoms with van der Waals surface area (Å²) in [4.78, 5) is 11.7. The van der Waals surface area contributed by atoms with Gasteiger partial charge in [-0.3, -0.25) is 4.79 Å². The molecule has 19 heavy (non-hydrogen) atoms. The summed E-state index contributed by atoms with van der Waals surface area (Å²) < 4.78 is 5.06. The van der Waals surface area contributed by atoms with Crippen LogP contribution in [0.3, 0.4) is 0 Å². The van der Waals surface area contributed by atoms with E-state index in [0.717, 1.165) is 16.9 Å². The second-order valence-corrected chi connectivity index (χ2v) is 4.06. The van der Waals surface area contributed by atoms with Crippen molar-refractivity contribution >= 4 is 5.78 Å². The van der Waals surface area contributed by atoms with Gasteiger partial charge in [-0.05, 0) is 35.7 Å². The second kappa shape index (κ2) is 6.42. The molecule has 0 aliphatic rings. The Hall–Kier alpha value is -2.53.